The number of aryl methyl sites for hydroxylation is 1. The molecule has 1 atom stereocenters. The van der Waals surface area contributed by atoms with Crippen LogP contribution in [0.15, 0.2) is 0 Å². The van der Waals surface area contributed by atoms with Crippen molar-refractivity contribution in [1.29, 1.82) is 0 Å². The minimum Gasteiger partial charge on any atom is -0.369 e. The lowest BCUT2D eigenvalue weighted by atomic mass is 10.1. The molecule has 0 spiro atoms. The van der Waals surface area contributed by atoms with Gasteiger partial charge in [-0.25, -0.2) is 4.98 Å². The Balaban J connectivity index is 2.42. The lowest BCUT2D eigenvalue weighted by molar-refractivity contribution is 0.605. The minimum atomic E-state index is 0.449. The number of hydrogen-bond acceptors (Lipinski definition) is 2. The number of aromatic nitrogens is 2. The number of nitrogens with zero attached hydrogens (tertiary/aromatic N) is 2. The molecular formula is C10H17N3. The van der Waals surface area contributed by atoms with Gasteiger partial charge in [-0.2, -0.15) is 0 Å². The summed E-state index contributed by atoms with van der Waals surface area (Å²) >= 11 is 0. The Morgan fingerprint density at radius 1 is 1.54 bits per heavy atom. The number of rotatable bonds is 1. The summed E-state index contributed by atoms with van der Waals surface area (Å²) < 4.78 is 2.02. The van der Waals surface area contributed by atoms with E-state index in [4.69, 9.17) is 5.73 Å². The molecule has 0 aliphatic heterocycles. The van der Waals surface area contributed by atoms with Gasteiger partial charge in [-0.1, -0.05) is 13.8 Å². The summed E-state index contributed by atoms with van der Waals surface area (Å²) in [4.78, 5) is 4.28. The summed E-state index contributed by atoms with van der Waals surface area (Å²) in [5.74, 6) is 1.29. The first-order chi connectivity index (χ1) is 5.93. The van der Waals surface area contributed by atoms with Crippen molar-refractivity contribution in [2.45, 2.75) is 33.1 Å². The van der Waals surface area contributed by atoms with Crippen LogP contribution in [-0.4, -0.2) is 9.55 Å². The van der Waals surface area contributed by atoms with Crippen molar-refractivity contribution in [3.8, 4) is 0 Å². The first-order valence-electron chi connectivity index (χ1n) is 4.72. The average molecular weight is 179 g/mol. The van der Waals surface area contributed by atoms with Gasteiger partial charge < -0.3 is 10.3 Å². The van der Waals surface area contributed by atoms with Gasteiger partial charge in [-0.3, -0.25) is 0 Å². The van der Waals surface area contributed by atoms with Gasteiger partial charge in [0, 0.05) is 18.7 Å². The van der Waals surface area contributed by atoms with E-state index in [0.29, 0.717) is 17.3 Å². The standard InChI is InChI=1S/C10H17N3/c1-6-8(7-5-10(7,2)3)13(4)9(11)12-6/h7H,5H2,1-4H3,(H2,11,12). The molecular weight excluding hydrogens is 162 g/mol. The van der Waals surface area contributed by atoms with Crippen LogP contribution in [0.2, 0.25) is 0 Å². The fourth-order valence-corrected chi connectivity index (χ4v) is 2.09. The Bertz CT molecular complexity index is 349. The molecule has 72 valence electrons. The van der Waals surface area contributed by atoms with Crippen LogP contribution in [-0.2, 0) is 7.05 Å². The summed E-state index contributed by atoms with van der Waals surface area (Å²) in [5.41, 5.74) is 8.61. The van der Waals surface area contributed by atoms with E-state index in [2.05, 4.69) is 18.8 Å². The van der Waals surface area contributed by atoms with E-state index in [0.717, 1.165) is 5.69 Å². The van der Waals surface area contributed by atoms with Gasteiger partial charge in [0.25, 0.3) is 0 Å². The topological polar surface area (TPSA) is 43.8 Å². The lowest BCUT2D eigenvalue weighted by Gasteiger charge is -2.06. The number of nitrogens with two attached hydrogens (primary N) is 1. The zero-order valence-corrected chi connectivity index (χ0v) is 8.76. The fraction of sp³-hybridized carbons (Fsp3) is 0.700. The third kappa shape index (κ3) is 1.14. The zero-order valence-electron chi connectivity index (χ0n) is 8.76. The first kappa shape index (κ1) is 8.60. The quantitative estimate of drug-likeness (QED) is 0.714. The molecule has 3 nitrogen and oxygen atoms in total. The number of anilines is 1. The maximum atomic E-state index is 5.75. The second-order valence-electron chi connectivity index (χ2n) is 4.74. The predicted molar refractivity (Wildman–Crippen MR) is 53.5 cm³/mol. The molecule has 0 aromatic carbocycles. The van der Waals surface area contributed by atoms with Gasteiger partial charge in [-0.05, 0) is 18.8 Å². The molecule has 1 saturated carbocycles. The average Bonchev–Trinajstić information content (AvgIpc) is 2.51. The van der Waals surface area contributed by atoms with Crippen molar-refractivity contribution in [2.24, 2.45) is 12.5 Å². The highest BCUT2D eigenvalue weighted by atomic mass is 15.1. The van der Waals surface area contributed by atoms with Crippen molar-refractivity contribution in [3.63, 3.8) is 0 Å². The van der Waals surface area contributed by atoms with Gasteiger partial charge in [0.15, 0.2) is 5.95 Å². The summed E-state index contributed by atoms with van der Waals surface area (Å²) in [5, 5.41) is 0. The van der Waals surface area contributed by atoms with E-state index < -0.39 is 0 Å². The molecule has 2 N–H and O–H groups in total. The Hall–Kier alpha value is -0.990. The first-order valence-corrected chi connectivity index (χ1v) is 4.72. The maximum Gasteiger partial charge on any atom is 0.200 e. The van der Waals surface area contributed by atoms with Crippen molar-refractivity contribution in [1.82, 2.24) is 9.55 Å². The number of hydrogen-bond donors (Lipinski definition) is 1. The third-order valence-corrected chi connectivity index (χ3v) is 3.20. The van der Waals surface area contributed by atoms with Crippen LogP contribution in [0.5, 0.6) is 0 Å². The van der Waals surface area contributed by atoms with Crippen molar-refractivity contribution >= 4 is 5.95 Å². The normalized spacial score (nSPS) is 24.8. The summed E-state index contributed by atoms with van der Waals surface area (Å²) in [7, 11) is 2.00. The van der Waals surface area contributed by atoms with E-state index >= 15 is 0 Å². The highest BCUT2D eigenvalue weighted by molar-refractivity contribution is 5.35. The molecule has 1 fully saturated rings. The van der Waals surface area contributed by atoms with E-state index in [-0.39, 0.29) is 0 Å². The number of imidazole rings is 1. The molecule has 1 aromatic heterocycles. The Morgan fingerprint density at radius 3 is 2.38 bits per heavy atom. The highest BCUT2D eigenvalue weighted by Crippen LogP contribution is 2.59. The SMILES string of the molecule is Cc1nc(N)n(C)c1C1CC1(C)C. The molecule has 0 radical (unpaired) electrons. The van der Waals surface area contributed by atoms with Crippen LogP contribution in [0.3, 0.4) is 0 Å². The Morgan fingerprint density at radius 2 is 2.08 bits per heavy atom. The molecule has 0 saturated heterocycles. The summed E-state index contributed by atoms with van der Waals surface area (Å²) in [6, 6.07) is 0. The second kappa shape index (κ2) is 2.28. The van der Waals surface area contributed by atoms with E-state index in [1.54, 1.807) is 0 Å². The largest absolute Gasteiger partial charge is 0.369 e. The van der Waals surface area contributed by atoms with Crippen LogP contribution in [0.1, 0.15) is 37.6 Å². The van der Waals surface area contributed by atoms with E-state index in [1.807, 2.05) is 18.5 Å². The van der Waals surface area contributed by atoms with Gasteiger partial charge >= 0.3 is 0 Å². The van der Waals surface area contributed by atoms with Crippen LogP contribution in [0.25, 0.3) is 0 Å². The molecule has 0 amide bonds. The van der Waals surface area contributed by atoms with Gasteiger partial charge in [0.05, 0.1) is 5.69 Å². The van der Waals surface area contributed by atoms with E-state index in [9.17, 15) is 0 Å². The zero-order chi connectivity index (χ0) is 9.80. The fourth-order valence-electron chi connectivity index (χ4n) is 2.09. The van der Waals surface area contributed by atoms with Gasteiger partial charge in [0.1, 0.15) is 0 Å². The summed E-state index contributed by atoms with van der Waals surface area (Å²) in [6.45, 7) is 6.63. The number of nitrogen functional groups attached to an aromatic ring is 1. The Labute approximate surface area is 79.0 Å². The molecule has 2 rings (SSSR count). The van der Waals surface area contributed by atoms with Gasteiger partial charge in [0.2, 0.25) is 0 Å². The second-order valence-corrected chi connectivity index (χ2v) is 4.74. The molecule has 1 aliphatic carbocycles. The van der Waals surface area contributed by atoms with Crippen LogP contribution < -0.4 is 5.73 Å². The predicted octanol–water partition coefficient (Wildman–Crippen LogP) is 1.82. The van der Waals surface area contributed by atoms with Crippen molar-refractivity contribution < 1.29 is 0 Å². The van der Waals surface area contributed by atoms with Crippen LogP contribution >= 0.6 is 0 Å². The van der Waals surface area contributed by atoms with E-state index in [1.165, 1.54) is 12.1 Å². The molecule has 1 unspecified atom stereocenters. The van der Waals surface area contributed by atoms with Crippen LogP contribution in [0.4, 0.5) is 5.95 Å². The molecule has 1 aromatic rings. The molecule has 0 bridgehead atoms. The minimum absolute atomic E-state index is 0.449. The molecule has 1 aliphatic rings. The molecule has 1 heterocycles. The van der Waals surface area contributed by atoms with Gasteiger partial charge in [-0.15, -0.1) is 0 Å². The highest BCUT2D eigenvalue weighted by Gasteiger charge is 2.48. The summed E-state index contributed by atoms with van der Waals surface area (Å²) in [6.07, 6.45) is 1.26. The molecule has 13 heavy (non-hydrogen) atoms. The lowest BCUT2D eigenvalue weighted by Crippen LogP contribution is -2.02. The Kier molecular flexibility index (Phi) is 1.51. The molecule has 3 heteroatoms. The third-order valence-electron chi connectivity index (χ3n) is 3.20. The van der Waals surface area contributed by atoms with Crippen molar-refractivity contribution in [2.75, 3.05) is 5.73 Å². The maximum absolute atomic E-state index is 5.75. The van der Waals surface area contributed by atoms with Crippen LogP contribution in [0, 0.1) is 12.3 Å². The van der Waals surface area contributed by atoms with Crippen molar-refractivity contribution in [3.05, 3.63) is 11.4 Å². The monoisotopic (exact) mass is 179 g/mol. The smallest absolute Gasteiger partial charge is 0.200 e.